The molecular weight excluding hydrogens is 208 g/mol. The molecule has 2 nitrogen and oxygen atoms in total. The summed E-state index contributed by atoms with van der Waals surface area (Å²) in [4.78, 5) is 4.62. The van der Waals surface area contributed by atoms with E-state index in [1.807, 2.05) is 25.1 Å². The van der Waals surface area contributed by atoms with Gasteiger partial charge in [-0.2, -0.15) is 0 Å². The molecule has 1 atom stereocenters. The van der Waals surface area contributed by atoms with E-state index in [1.165, 1.54) is 10.9 Å². The normalized spacial score (nSPS) is 12.6. The average molecular weight is 226 g/mol. The molecule has 1 unspecified atom stereocenters. The van der Waals surface area contributed by atoms with E-state index < -0.39 is 0 Å². The topological polar surface area (TPSA) is 38.9 Å². The number of benzene rings is 1. The summed E-state index contributed by atoms with van der Waals surface area (Å²) in [5, 5.41) is 1.19. The molecule has 0 aliphatic heterocycles. The number of nitrogens with zero attached hydrogens (tertiary/aromatic N) is 1. The van der Waals surface area contributed by atoms with Crippen LogP contribution in [0.25, 0.3) is 10.9 Å². The number of hydrogen-bond donors (Lipinski definition) is 1. The van der Waals surface area contributed by atoms with Crippen LogP contribution in [0.1, 0.15) is 30.6 Å². The van der Waals surface area contributed by atoms with Crippen LogP contribution in [-0.2, 0) is 0 Å². The first-order valence-electron chi connectivity index (χ1n) is 5.84. The summed E-state index contributed by atoms with van der Waals surface area (Å²) >= 11 is 0. The molecule has 0 saturated heterocycles. The van der Waals surface area contributed by atoms with Gasteiger partial charge in [-0.1, -0.05) is 23.8 Å². The molecule has 17 heavy (non-hydrogen) atoms. The van der Waals surface area contributed by atoms with Gasteiger partial charge in [-0.25, -0.2) is 0 Å². The largest absolute Gasteiger partial charge is 0.322 e. The van der Waals surface area contributed by atoms with Gasteiger partial charge in [0.1, 0.15) is 0 Å². The van der Waals surface area contributed by atoms with Crippen molar-refractivity contribution in [2.75, 3.05) is 0 Å². The van der Waals surface area contributed by atoms with Crippen molar-refractivity contribution in [2.45, 2.75) is 26.3 Å². The standard InChI is InChI=1S/C15H18N2/c1-10(2)8-13(16)15-9-11(3)12-6-4-5-7-14(12)17-15/h4-7,9,13H,1,8,16H2,2-3H3. The van der Waals surface area contributed by atoms with Crippen molar-refractivity contribution in [3.63, 3.8) is 0 Å². The van der Waals surface area contributed by atoms with E-state index in [0.29, 0.717) is 0 Å². The molecule has 2 N–H and O–H groups in total. The number of aromatic nitrogens is 1. The van der Waals surface area contributed by atoms with Crippen molar-refractivity contribution in [1.29, 1.82) is 0 Å². The van der Waals surface area contributed by atoms with Gasteiger partial charge in [0.15, 0.2) is 0 Å². The molecule has 0 fully saturated rings. The molecule has 0 amide bonds. The number of rotatable bonds is 3. The van der Waals surface area contributed by atoms with Crippen LogP contribution in [0.15, 0.2) is 42.5 Å². The van der Waals surface area contributed by atoms with Crippen molar-refractivity contribution in [2.24, 2.45) is 5.73 Å². The van der Waals surface area contributed by atoms with E-state index in [-0.39, 0.29) is 6.04 Å². The van der Waals surface area contributed by atoms with Crippen molar-refractivity contribution in [3.8, 4) is 0 Å². The van der Waals surface area contributed by atoms with Crippen LogP contribution in [0, 0.1) is 6.92 Å². The van der Waals surface area contributed by atoms with E-state index in [0.717, 1.165) is 23.2 Å². The number of para-hydroxylation sites is 1. The second-order valence-corrected chi connectivity index (χ2v) is 4.65. The highest BCUT2D eigenvalue weighted by atomic mass is 14.8. The summed E-state index contributed by atoms with van der Waals surface area (Å²) in [5.41, 5.74) is 10.4. The molecule has 1 heterocycles. The number of pyridine rings is 1. The molecule has 0 saturated carbocycles. The first-order chi connectivity index (χ1) is 8.08. The predicted octanol–water partition coefficient (Wildman–Crippen LogP) is 3.51. The summed E-state index contributed by atoms with van der Waals surface area (Å²) in [6.45, 7) is 7.99. The zero-order valence-corrected chi connectivity index (χ0v) is 10.4. The Morgan fingerprint density at radius 1 is 1.41 bits per heavy atom. The fraction of sp³-hybridized carbons (Fsp3) is 0.267. The Labute approximate surface area is 102 Å². The fourth-order valence-corrected chi connectivity index (χ4v) is 2.05. The van der Waals surface area contributed by atoms with Crippen LogP contribution in [-0.4, -0.2) is 4.98 Å². The molecule has 1 aromatic heterocycles. The fourth-order valence-electron chi connectivity index (χ4n) is 2.05. The highest BCUT2D eigenvalue weighted by molar-refractivity contribution is 5.82. The first kappa shape index (κ1) is 11.8. The van der Waals surface area contributed by atoms with Gasteiger partial charge in [-0.3, -0.25) is 4.98 Å². The molecule has 0 aliphatic rings. The lowest BCUT2D eigenvalue weighted by molar-refractivity contribution is 0.695. The average Bonchev–Trinajstić information content (AvgIpc) is 2.28. The maximum absolute atomic E-state index is 6.13. The van der Waals surface area contributed by atoms with Crippen molar-refractivity contribution < 1.29 is 0 Å². The van der Waals surface area contributed by atoms with Gasteiger partial charge in [-0.05, 0) is 38.0 Å². The van der Waals surface area contributed by atoms with Gasteiger partial charge < -0.3 is 5.73 Å². The van der Waals surface area contributed by atoms with Gasteiger partial charge in [0.2, 0.25) is 0 Å². The van der Waals surface area contributed by atoms with E-state index in [1.54, 1.807) is 0 Å². The Balaban J connectivity index is 2.46. The Morgan fingerprint density at radius 3 is 2.82 bits per heavy atom. The summed E-state index contributed by atoms with van der Waals surface area (Å²) in [5.74, 6) is 0. The lowest BCUT2D eigenvalue weighted by Crippen LogP contribution is -2.12. The highest BCUT2D eigenvalue weighted by Crippen LogP contribution is 2.22. The molecule has 1 aromatic carbocycles. The van der Waals surface area contributed by atoms with E-state index in [2.05, 4.69) is 30.6 Å². The number of aryl methyl sites for hydroxylation is 1. The van der Waals surface area contributed by atoms with E-state index >= 15 is 0 Å². The quantitative estimate of drug-likeness (QED) is 0.813. The van der Waals surface area contributed by atoms with E-state index in [9.17, 15) is 0 Å². The predicted molar refractivity (Wildman–Crippen MR) is 72.8 cm³/mol. The molecule has 0 bridgehead atoms. The van der Waals surface area contributed by atoms with Crippen LogP contribution in [0.4, 0.5) is 0 Å². The van der Waals surface area contributed by atoms with Gasteiger partial charge in [0, 0.05) is 5.39 Å². The van der Waals surface area contributed by atoms with Crippen molar-refractivity contribution >= 4 is 10.9 Å². The number of nitrogens with two attached hydrogens (primary N) is 1. The van der Waals surface area contributed by atoms with Crippen LogP contribution in [0.5, 0.6) is 0 Å². The monoisotopic (exact) mass is 226 g/mol. The summed E-state index contributed by atoms with van der Waals surface area (Å²) in [7, 11) is 0. The SMILES string of the molecule is C=C(C)CC(N)c1cc(C)c2ccccc2n1. The minimum Gasteiger partial charge on any atom is -0.322 e. The molecular formula is C15H18N2. The summed E-state index contributed by atoms with van der Waals surface area (Å²) in [6.07, 6.45) is 0.783. The molecule has 0 spiro atoms. The van der Waals surface area contributed by atoms with Gasteiger partial charge in [0.25, 0.3) is 0 Å². The van der Waals surface area contributed by atoms with Crippen molar-refractivity contribution in [1.82, 2.24) is 4.98 Å². The van der Waals surface area contributed by atoms with E-state index in [4.69, 9.17) is 5.73 Å². The maximum Gasteiger partial charge on any atom is 0.0708 e. The highest BCUT2D eigenvalue weighted by Gasteiger charge is 2.10. The van der Waals surface area contributed by atoms with Crippen LogP contribution >= 0.6 is 0 Å². The number of hydrogen-bond acceptors (Lipinski definition) is 2. The Bertz CT molecular complexity index is 558. The molecule has 2 heteroatoms. The van der Waals surface area contributed by atoms with Crippen molar-refractivity contribution in [3.05, 3.63) is 53.7 Å². The van der Waals surface area contributed by atoms with Crippen LogP contribution < -0.4 is 5.73 Å². The third kappa shape index (κ3) is 2.53. The minimum absolute atomic E-state index is 0.0594. The lowest BCUT2D eigenvalue weighted by atomic mass is 10.0. The van der Waals surface area contributed by atoms with Gasteiger partial charge in [0.05, 0.1) is 17.3 Å². The smallest absolute Gasteiger partial charge is 0.0708 e. The second-order valence-electron chi connectivity index (χ2n) is 4.65. The molecule has 2 aromatic rings. The van der Waals surface area contributed by atoms with Gasteiger partial charge in [-0.15, -0.1) is 6.58 Å². The van der Waals surface area contributed by atoms with Crippen LogP contribution in [0.3, 0.4) is 0 Å². The molecule has 88 valence electrons. The third-order valence-electron chi connectivity index (χ3n) is 2.89. The van der Waals surface area contributed by atoms with Gasteiger partial charge >= 0.3 is 0 Å². The summed E-state index contributed by atoms with van der Waals surface area (Å²) < 4.78 is 0. The Morgan fingerprint density at radius 2 is 2.12 bits per heavy atom. The molecule has 2 rings (SSSR count). The number of fused-ring (bicyclic) bond motifs is 1. The molecule has 0 aliphatic carbocycles. The van der Waals surface area contributed by atoms with Crippen LogP contribution in [0.2, 0.25) is 0 Å². The first-order valence-corrected chi connectivity index (χ1v) is 5.84. The molecule has 0 radical (unpaired) electrons. The zero-order chi connectivity index (χ0) is 12.4. The second kappa shape index (κ2) is 4.68. The Kier molecular flexibility index (Phi) is 3.25. The minimum atomic E-state index is -0.0594. The summed E-state index contributed by atoms with van der Waals surface area (Å²) in [6, 6.07) is 10.2. The Hall–Kier alpha value is -1.67. The third-order valence-corrected chi connectivity index (χ3v) is 2.89. The zero-order valence-electron chi connectivity index (χ0n) is 10.4. The lowest BCUT2D eigenvalue weighted by Gasteiger charge is -2.13. The maximum atomic E-state index is 6.13.